The Morgan fingerprint density at radius 2 is 2.25 bits per heavy atom. The Labute approximate surface area is 72.4 Å². The third kappa shape index (κ3) is 1.85. The van der Waals surface area contributed by atoms with E-state index in [2.05, 4.69) is 18.2 Å². The number of carbonyl (C=O) groups excluding carboxylic acids is 1. The molecule has 12 heavy (non-hydrogen) atoms. The lowest BCUT2D eigenvalue weighted by atomic mass is 9.82. The van der Waals surface area contributed by atoms with E-state index in [1.165, 1.54) is 7.11 Å². The van der Waals surface area contributed by atoms with Gasteiger partial charge in [0.25, 0.3) is 0 Å². The number of rotatable bonds is 3. The van der Waals surface area contributed by atoms with Crippen LogP contribution in [0.2, 0.25) is 0 Å². The summed E-state index contributed by atoms with van der Waals surface area (Å²) in [5, 5.41) is 0. The summed E-state index contributed by atoms with van der Waals surface area (Å²) in [6.45, 7) is 7.16. The SMILES string of the molecule is C=C(CC1(C)COC1)C(=O)OC. The molecule has 3 heteroatoms. The van der Waals surface area contributed by atoms with Crippen molar-refractivity contribution in [2.24, 2.45) is 5.41 Å². The fraction of sp³-hybridized carbons (Fsp3) is 0.667. The Hall–Kier alpha value is -0.830. The van der Waals surface area contributed by atoms with Crippen LogP contribution >= 0.6 is 0 Å². The van der Waals surface area contributed by atoms with E-state index < -0.39 is 0 Å². The molecule has 68 valence electrons. The van der Waals surface area contributed by atoms with Gasteiger partial charge in [-0.05, 0) is 6.42 Å². The van der Waals surface area contributed by atoms with Crippen molar-refractivity contribution in [1.82, 2.24) is 0 Å². The standard InChI is InChI=1S/C9H14O3/c1-7(8(10)11-3)4-9(2)5-12-6-9/h1,4-6H2,2-3H3. The predicted molar refractivity (Wildman–Crippen MR) is 44.7 cm³/mol. The molecule has 0 spiro atoms. The quantitative estimate of drug-likeness (QED) is 0.470. The Morgan fingerprint density at radius 3 is 2.58 bits per heavy atom. The van der Waals surface area contributed by atoms with Gasteiger partial charge in [-0.25, -0.2) is 4.79 Å². The molecule has 0 aromatic rings. The highest BCUT2D eigenvalue weighted by molar-refractivity contribution is 5.87. The number of carbonyl (C=O) groups is 1. The minimum Gasteiger partial charge on any atom is -0.466 e. The van der Waals surface area contributed by atoms with Crippen LogP contribution < -0.4 is 0 Å². The molecule has 1 heterocycles. The highest BCUT2D eigenvalue weighted by atomic mass is 16.5. The molecule has 0 aromatic carbocycles. The molecule has 0 amide bonds. The van der Waals surface area contributed by atoms with E-state index in [0.717, 1.165) is 0 Å². The predicted octanol–water partition coefficient (Wildman–Crippen LogP) is 1.14. The average molecular weight is 170 g/mol. The van der Waals surface area contributed by atoms with Gasteiger partial charge in [-0.15, -0.1) is 0 Å². The Morgan fingerprint density at radius 1 is 1.67 bits per heavy atom. The largest absolute Gasteiger partial charge is 0.466 e. The van der Waals surface area contributed by atoms with Crippen LogP contribution in [0.1, 0.15) is 13.3 Å². The average Bonchev–Trinajstić information content (AvgIpc) is 2.00. The molecule has 0 saturated carbocycles. The third-order valence-electron chi connectivity index (χ3n) is 2.02. The second-order valence-electron chi connectivity index (χ2n) is 3.58. The molecule has 0 aliphatic carbocycles. The van der Waals surface area contributed by atoms with Crippen molar-refractivity contribution >= 4 is 5.97 Å². The first kappa shape index (κ1) is 9.26. The van der Waals surface area contributed by atoms with E-state index in [0.29, 0.717) is 25.2 Å². The van der Waals surface area contributed by atoms with Crippen LogP contribution in [0.3, 0.4) is 0 Å². The Kier molecular flexibility index (Phi) is 2.52. The van der Waals surface area contributed by atoms with Crippen LogP contribution in [0, 0.1) is 5.41 Å². The van der Waals surface area contributed by atoms with E-state index in [4.69, 9.17) is 4.74 Å². The molecule has 0 atom stereocenters. The molecule has 0 N–H and O–H groups in total. The molecular weight excluding hydrogens is 156 g/mol. The number of methoxy groups -OCH3 is 1. The lowest BCUT2D eigenvalue weighted by molar-refractivity contribution is -0.138. The normalized spacial score (nSPS) is 19.5. The van der Waals surface area contributed by atoms with E-state index in [9.17, 15) is 4.79 Å². The van der Waals surface area contributed by atoms with Gasteiger partial charge in [0.2, 0.25) is 0 Å². The van der Waals surface area contributed by atoms with Crippen LogP contribution in [0.4, 0.5) is 0 Å². The fourth-order valence-electron chi connectivity index (χ4n) is 1.28. The third-order valence-corrected chi connectivity index (χ3v) is 2.02. The summed E-state index contributed by atoms with van der Waals surface area (Å²) in [6, 6.07) is 0. The number of hydrogen-bond acceptors (Lipinski definition) is 3. The van der Waals surface area contributed by atoms with Crippen molar-refractivity contribution in [3.05, 3.63) is 12.2 Å². The number of hydrogen-bond donors (Lipinski definition) is 0. The molecule has 0 radical (unpaired) electrons. The van der Waals surface area contributed by atoms with E-state index in [-0.39, 0.29) is 11.4 Å². The fourth-order valence-corrected chi connectivity index (χ4v) is 1.28. The Balaban J connectivity index is 2.40. The Bertz CT molecular complexity index is 204. The van der Waals surface area contributed by atoms with Crippen LogP contribution in [-0.2, 0) is 14.3 Å². The maximum atomic E-state index is 11.0. The van der Waals surface area contributed by atoms with Gasteiger partial charge in [0.1, 0.15) is 0 Å². The molecule has 1 saturated heterocycles. The highest BCUT2D eigenvalue weighted by Crippen LogP contribution is 2.33. The van der Waals surface area contributed by atoms with Gasteiger partial charge in [0.15, 0.2) is 0 Å². The van der Waals surface area contributed by atoms with Crippen molar-refractivity contribution in [1.29, 1.82) is 0 Å². The first-order valence-electron chi connectivity index (χ1n) is 3.91. The maximum Gasteiger partial charge on any atom is 0.333 e. The second kappa shape index (κ2) is 3.27. The zero-order chi connectivity index (χ0) is 9.19. The van der Waals surface area contributed by atoms with Gasteiger partial charge < -0.3 is 9.47 Å². The van der Waals surface area contributed by atoms with Crippen molar-refractivity contribution in [3.8, 4) is 0 Å². The summed E-state index contributed by atoms with van der Waals surface area (Å²) in [5.74, 6) is -0.317. The zero-order valence-corrected chi connectivity index (χ0v) is 7.55. The van der Waals surface area contributed by atoms with Crippen molar-refractivity contribution in [2.45, 2.75) is 13.3 Å². The van der Waals surface area contributed by atoms with Gasteiger partial charge in [-0.2, -0.15) is 0 Å². The highest BCUT2D eigenvalue weighted by Gasteiger charge is 2.35. The second-order valence-corrected chi connectivity index (χ2v) is 3.58. The van der Waals surface area contributed by atoms with Crippen molar-refractivity contribution in [2.75, 3.05) is 20.3 Å². The van der Waals surface area contributed by atoms with Crippen molar-refractivity contribution < 1.29 is 14.3 Å². The minimum atomic E-state index is -0.317. The number of esters is 1. The molecule has 1 fully saturated rings. The summed E-state index contributed by atoms with van der Waals surface area (Å²) in [5.41, 5.74) is 0.633. The number of ether oxygens (including phenoxy) is 2. The summed E-state index contributed by atoms with van der Waals surface area (Å²) in [4.78, 5) is 11.0. The zero-order valence-electron chi connectivity index (χ0n) is 7.55. The molecule has 0 unspecified atom stereocenters. The smallest absolute Gasteiger partial charge is 0.333 e. The van der Waals surface area contributed by atoms with E-state index >= 15 is 0 Å². The summed E-state index contributed by atoms with van der Waals surface area (Å²) in [7, 11) is 1.37. The molecule has 1 rings (SSSR count). The van der Waals surface area contributed by atoms with Crippen LogP contribution in [-0.4, -0.2) is 26.3 Å². The summed E-state index contributed by atoms with van der Waals surface area (Å²) >= 11 is 0. The van der Waals surface area contributed by atoms with Crippen molar-refractivity contribution in [3.63, 3.8) is 0 Å². The molecule has 0 bridgehead atoms. The van der Waals surface area contributed by atoms with E-state index in [1.807, 2.05) is 0 Å². The van der Waals surface area contributed by atoms with Gasteiger partial charge >= 0.3 is 5.97 Å². The molecular formula is C9H14O3. The lowest BCUT2D eigenvalue weighted by Gasteiger charge is -2.38. The van der Waals surface area contributed by atoms with Gasteiger partial charge in [-0.1, -0.05) is 13.5 Å². The van der Waals surface area contributed by atoms with Gasteiger partial charge in [-0.3, -0.25) is 0 Å². The molecule has 3 nitrogen and oxygen atoms in total. The van der Waals surface area contributed by atoms with Gasteiger partial charge in [0.05, 0.1) is 20.3 Å². The van der Waals surface area contributed by atoms with Gasteiger partial charge in [0, 0.05) is 11.0 Å². The summed E-state index contributed by atoms with van der Waals surface area (Å²) < 4.78 is 9.61. The monoisotopic (exact) mass is 170 g/mol. The van der Waals surface area contributed by atoms with Crippen LogP contribution in [0.15, 0.2) is 12.2 Å². The van der Waals surface area contributed by atoms with Crippen LogP contribution in [0.25, 0.3) is 0 Å². The molecule has 1 aliphatic rings. The van der Waals surface area contributed by atoms with Crippen LogP contribution in [0.5, 0.6) is 0 Å². The maximum absolute atomic E-state index is 11.0. The molecule has 1 aliphatic heterocycles. The van der Waals surface area contributed by atoms with E-state index in [1.54, 1.807) is 0 Å². The first-order valence-corrected chi connectivity index (χ1v) is 3.91. The minimum absolute atomic E-state index is 0.102. The lowest BCUT2D eigenvalue weighted by Crippen LogP contribution is -2.40. The topological polar surface area (TPSA) is 35.5 Å². The first-order chi connectivity index (χ1) is 5.57. The molecule has 0 aromatic heterocycles. The summed E-state index contributed by atoms with van der Waals surface area (Å²) in [6.07, 6.45) is 0.666.